The van der Waals surface area contributed by atoms with Gasteiger partial charge in [0.15, 0.2) is 11.6 Å². The van der Waals surface area contributed by atoms with Crippen LogP contribution < -0.4 is 4.74 Å². The maximum Gasteiger partial charge on any atom is 0.232 e. The van der Waals surface area contributed by atoms with Gasteiger partial charge < -0.3 is 14.2 Å². The van der Waals surface area contributed by atoms with Crippen molar-refractivity contribution in [2.75, 3.05) is 20.2 Å². The summed E-state index contributed by atoms with van der Waals surface area (Å²) in [6.07, 6.45) is 2.19. The van der Waals surface area contributed by atoms with E-state index in [1.54, 1.807) is 6.07 Å². The van der Waals surface area contributed by atoms with Crippen molar-refractivity contribution >= 4 is 5.91 Å². The number of hydrogen-bond donors (Lipinski definition) is 0. The van der Waals surface area contributed by atoms with E-state index in [0.717, 1.165) is 12.8 Å². The van der Waals surface area contributed by atoms with Crippen LogP contribution in [0, 0.1) is 5.82 Å². The molecule has 1 aromatic heterocycles. The average molecular weight is 395 g/mol. The Morgan fingerprint density at radius 2 is 2.07 bits per heavy atom. The lowest BCUT2D eigenvalue weighted by Crippen LogP contribution is -2.26. The van der Waals surface area contributed by atoms with Crippen LogP contribution in [0.1, 0.15) is 30.2 Å². The van der Waals surface area contributed by atoms with E-state index < -0.39 is 5.82 Å². The Morgan fingerprint density at radius 1 is 1.24 bits per heavy atom. The van der Waals surface area contributed by atoms with Crippen molar-refractivity contribution in [1.29, 1.82) is 0 Å². The first-order valence-corrected chi connectivity index (χ1v) is 9.63. The van der Waals surface area contributed by atoms with E-state index in [4.69, 9.17) is 9.26 Å². The molecule has 0 N–H and O–H groups in total. The minimum absolute atomic E-state index is 0.0957. The number of hydrogen-bond acceptors (Lipinski definition) is 5. The van der Waals surface area contributed by atoms with Gasteiger partial charge in [-0.05, 0) is 36.6 Å². The van der Waals surface area contributed by atoms with Crippen molar-refractivity contribution in [1.82, 2.24) is 15.0 Å². The molecule has 7 heteroatoms. The lowest BCUT2D eigenvalue weighted by atomic mass is 10.1. The van der Waals surface area contributed by atoms with Crippen LogP contribution in [0.3, 0.4) is 0 Å². The summed E-state index contributed by atoms with van der Waals surface area (Å²) in [7, 11) is 1.41. The van der Waals surface area contributed by atoms with Gasteiger partial charge in [-0.25, -0.2) is 4.39 Å². The van der Waals surface area contributed by atoms with Crippen LogP contribution in [0.2, 0.25) is 0 Å². The van der Waals surface area contributed by atoms with Crippen molar-refractivity contribution in [2.24, 2.45) is 0 Å². The molecule has 0 spiro atoms. The second-order valence-corrected chi connectivity index (χ2v) is 7.14. The molecule has 1 aliphatic heterocycles. The SMILES string of the molecule is COc1ccc(-c2noc(C3CC(=O)N(CCCc4ccccc4)C3)n2)cc1F. The van der Waals surface area contributed by atoms with Gasteiger partial charge >= 0.3 is 0 Å². The van der Waals surface area contributed by atoms with Gasteiger partial charge in [0.05, 0.1) is 13.0 Å². The zero-order valence-corrected chi connectivity index (χ0v) is 16.2. The van der Waals surface area contributed by atoms with Crippen molar-refractivity contribution in [2.45, 2.75) is 25.2 Å². The average Bonchev–Trinajstić information content (AvgIpc) is 3.36. The zero-order chi connectivity index (χ0) is 20.2. The van der Waals surface area contributed by atoms with Crippen LogP contribution in [0.5, 0.6) is 5.75 Å². The summed E-state index contributed by atoms with van der Waals surface area (Å²) in [6.45, 7) is 1.27. The third kappa shape index (κ3) is 4.29. The lowest BCUT2D eigenvalue weighted by Gasteiger charge is -2.15. The number of ether oxygens (including phenoxy) is 1. The van der Waals surface area contributed by atoms with Gasteiger partial charge in [0.1, 0.15) is 0 Å². The predicted octanol–water partition coefficient (Wildman–Crippen LogP) is 3.83. The second-order valence-electron chi connectivity index (χ2n) is 7.14. The van der Waals surface area contributed by atoms with Crippen LogP contribution in [0.25, 0.3) is 11.4 Å². The molecule has 0 saturated carbocycles. The van der Waals surface area contributed by atoms with Gasteiger partial charge in [-0.1, -0.05) is 35.5 Å². The molecule has 150 valence electrons. The molecule has 1 amide bonds. The lowest BCUT2D eigenvalue weighted by molar-refractivity contribution is -0.127. The third-order valence-electron chi connectivity index (χ3n) is 5.15. The highest BCUT2D eigenvalue weighted by atomic mass is 19.1. The molecule has 4 rings (SSSR count). The van der Waals surface area contributed by atoms with Gasteiger partial charge in [0.2, 0.25) is 17.6 Å². The highest BCUT2D eigenvalue weighted by Gasteiger charge is 2.34. The maximum absolute atomic E-state index is 13.9. The summed E-state index contributed by atoms with van der Waals surface area (Å²) in [4.78, 5) is 18.6. The van der Waals surface area contributed by atoms with Crippen LogP contribution in [-0.2, 0) is 11.2 Å². The molecule has 2 heterocycles. The third-order valence-corrected chi connectivity index (χ3v) is 5.15. The molecule has 6 nitrogen and oxygen atoms in total. The molecular weight excluding hydrogens is 373 g/mol. The van der Waals surface area contributed by atoms with E-state index >= 15 is 0 Å². The minimum atomic E-state index is -0.489. The Kier molecular flexibility index (Phi) is 5.55. The van der Waals surface area contributed by atoms with E-state index in [0.29, 0.717) is 36.8 Å². The van der Waals surface area contributed by atoms with Gasteiger partial charge in [-0.15, -0.1) is 0 Å². The number of nitrogens with zero attached hydrogens (tertiary/aromatic N) is 3. The van der Waals surface area contributed by atoms with Crippen molar-refractivity contribution in [3.63, 3.8) is 0 Å². The van der Waals surface area contributed by atoms with Crippen LogP contribution in [0.4, 0.5) is 4.39 Å². The number of likely N-dealkylation sites (tertiary alicyclic amines) is 1. The molecule has 2 aromatic carbocycles. The largest absolute Gasteiger partial charge is 0.494 e. The molecule has 1 saturated heterocycles. The van der Waals surface area contributed by atoms with E-state index in [1.165, 1.54) is 24.8 Å². The monoisotopic (exact) mass is 395 g/mol. The number of carbonyl (C=O) groups is 1. The number of aryl methyl sites for hydroxylation is 1. The first-order valence-electron chi connectivity index (χ1n) is 9.63. The highest BCUT2D eigenvalue weighted by molar-refractivity contribution is 5.79. The number of aromatic nitrogens is 2. The smallest absolute Gasteiger partial charge is 0.232 e. The van der Waals surface area contributed by atoms with Crippen molar-refractivity contribution in [3.8, 4) is 17.1 Å². The Bertz CT molecular complexity index is 990. The standard InChI is InChI=1S/C22H22FN3O3/c1-28-19-10-9-16(12-18(19)23)21-24-22(29-25-21)17-13-20(27)26(14-17)11-5-8-15-6-3-2-4-7-15/h2-4,6-7,9-10,12,17H,5,8,11,13-14H2,1H3. The van der Waals surface area contributed by atoms with Crippen LogP contribution in [-0.4, -0.2) is 41.1 Å². The minimum Gasteiger partial charge on any atom is -0.494 e. The number of amides is 1. The van der Waals surface area contributed by atoms with Crippen molar-refractivity contribution in [3.05, 3.63) is 65.8 Å². The summed E-state index contributed by atoms with van der Waals surface area (Å²) in [6, 6.07) is 14.7. The first kappa shape index (κ1) is 19.1. The normalized spacial score (nSPS) is 16.4. The Morgan fingerprint density at radius 3 is 2.83 bits per heavy atom. The summed E-state index contributed by atoms with van der Waals surface area (Å²) in [5.74, 6) is 0.343. The number of rotatable bonds is 7. The van der Waals surface area contributed by atoms with Gasteiger partial charge in [-0.2, -0.15) is 4.98 Å². The quantitative estimate of drug-likeness (QED) is 0.608. The summed E-state index contributed by atoms with van der Waals surface area (Å²) in [5, 5.41) is 3.96. The molecule has 1 unspecified atom stereocenters. The Balaban J connectivity index is 1.37. The molecule has 0 radical (unpaired) electrons. The van der Waals surface area contributed by atoms with E-state index in [1.807, 2.05) is 23.1 Å². The fourth-order valence-electron chi connectivity index (χ4n) is 3.60. The fraction of sp³-hybridized carbons (Fsp3) is 0.318. The Hall–Kier alpha value is -3.22. The van der Waals surface area contributed by atoms with E-state index in [2.05, 4.69) is 22.3 Å². The molecule has 1 fully saturated rings. The second kappa shape index (κ2) is 8.43. The van der Waals surface area contributed by atoms with Gasteiger partial charge in [-0.3, -0.25) is 4.79 Å². The molecule has 0 aliphatic carbocycles. The number of halogens is 1. The summed E-state index contributed by atoms with van der Waals surface area (Å²) in [5.41, 5.74) is 1.77. The molecule has 1 atom stereocenters. The zero-order valence-electron chi connectivity index (χ0n) is 16.2. The fourth-order valence-corrected chi connectivity index (χ4v) is 3.60. The molecule has 3 aromatic rings. The summed E-state index contributed by atoms with van der Waals surface area (Å²) < 4.78 is 24.2. The van der Waals surface area contributed by atoms with Crippen LogP contribution in [0.15, 0.2) is 53.1 Å². The molecule has 29 heavy (non-hydrogen) atoms. The maximum atomic E-state index is 13.9. The van der Waals surface area contributed by atoms with Gasteiger partial charge in [0.25, 0.3) is 0 Å². The van der Waals surface area contributed by atoms with Crippen molar-refractivity contribution < 1.29 is 18.4 Å². The highest BCUT2D eigenvalue weighted by Crippen LogP contribution is 2.30. The number of benzene rings is 2. The number of carbonyl (C=O) groups excluding carboxylic acids is 1. The first-order chi connectivity index (χ1) is 14.1. The Labute approximate surface area is 168 Å². The summed E-state index contributed by atoms with van der Waals surface area (Å²) >= 11 is 0. The molecule has 0 bridgehead atoms. The van der Waals surface area contributed by atoms with Gasteiger partial charge in [0, 0.05) is 25.1 Å². The predicted molar refractivity (Wildman–Crippen MR) is 105 cm³/mol. The van der Waals surface area contributed by atoms with E-state index in [9.17, 15) is 9.18 Å². The topological polar surface area (TPSA) is 68.5 Å². The molecule has 1 aliphatic rings. The number of methoxy groups -OCH3 is 1. The molecular formula is C22H22FN3O3. The van der Waals surface area contributed by atoms with Crippen LogP contribution >= 0.6 is 0 Å². The van der Waals surface area contributed by atoms with E-state index in [-0.39, 0.29) is 17.6 Å².